The van der Waals surface area contributed by atoms with Crippen molar-refractivity contribution < 1.29 is 48.3 Å². The number of rotatable bonds is 12. The number of ether oxygens (including phenoxy) is 3. The molecule has 3 N–H and O–H groups in total. The van der Waals surface area contributed by atoms with Gasteiger partial charge in [0.2, 0.25) is 23.9 Å². The monoisotopic (exact) mass is 610 g/mol. The summed E-state index contributed by atoms with van der Waals surface area (Å²) in [5.41, 5.74) is -0.767. The van der Waals surface area contributed by atoms with Crippen LogP contribution in [0.1, 0.15) is 99.8 Å². The van der Waals surface area contributed by atoms with E-state index < -0.39 is 59.8 Å². The van der Waals surface area contributed by atoms with Gasteiger partial charge in [-0.25, -0.2) is 14.6 Å². The molecular formula is C31H50N2O10. The third-order valence-electron chi connectivity index (χ3n) is 9.58. The van der Waals surface area contributed by atoms with Gasteiger partial charge in [-0.2, -0.15) is 0 Å². The highest BCUT2D eigenvalue weighted by molar-refractivity contribution is 5.91. The first-order valence-electron chi connectivity index (χ1n) is 15.9. The van der Waals surface area contributed by atoms with Crippen molar-refractivity contribution in [2.75, 3.05) is 0 Å². The van der Waals surface area contributed by atoms with Crippen molar-refractivity contribution >= 4 is 23.8 Å². The highest BCUT2D eigenvalue weighted by atomic mass is 17.3. The van der Waals surface area contributed by atoms with E-state index in [2.05, 4.69) is 17.6 Å². The maximum absolute atomic E-state index is 12.9. The predicted molar refractivity (Wildman–Crippen MR) is 153 cm³/mol. The Bertz CT molecular complexity index is 1050. The van der Waals surface area contributed by atoms with Gasteiger partial charge in [-0.15, -0.1) is 0 Å². The number of esters is 1. The van der Waals surface area contributed by atoms with Crippen molar-refractivity contribution in [3.63, 3.8) is 0 Å². The first-order valence-corrected chi connectivity index (χ1v) is 15.9. The Kier molecular flexibility index (Phi) is 10.5. The summed E-state index contributed by atoms with van der Waals surface area (Å²) in [5.74, 6) is -3.21. The molecule has 0 unspecified atom stereocenters. The van der Waals surface area contributed by atoms with Crippen LogP contribution in [-0.2, 0) is 43.2 Å². The van der Waals surface area contributed by atoms with Gasteiger partial charge in [0, 0.05) is 24.7 Å². The molecule has 0 aromatic heterocycles. The number of fused-ring (bicyclic) bond motifs is 2. The number of carbonyl (C=O) groups is 4. The average Bonchev–Trinajstić information content (AvgIpc) is 3.14. The van der Waals surface area contributed by atoms with Gasteiger partial charge < -0.3 is 30.0 Å². The fourth-order valence-corrected chi connectivity index (χ4v) is 7.35. The highest BCUT2D eigenvalue weighted by Gasteiger charge is 2.69. The smallest absolute Gasteiger partial charge is 0.326 e. The van der Waals surface area contributed by atoms with Crippen LogP contribution in [0.15, 0.2) is 0 Å². The molecule has 2 bridgehead atoms. The van der Waals surface area contributed by atoms with E-state index in [0.717, 1.165) is 19.3 Å². The fourth-order valence-electron chi connectivity index (χ4n) is 7.35. The van der Waals surface area contributed by atoms with Crippen molar-refractivity contribution in [3.8, 4) is 0 Å². The van der Waals surface area contributed by atoms with Crippen LogP contribution in [0, 0.1) is 35.5 Å². The maximum Gasteiger partial charge on any atom is 0.326 e. The zero-order valence-corrected chi connectivity index (χ0v) is 26.6. The molecule has 43 heavy (non-hydrogen) atoms. The lowest BCUT2D eigenvalue weighted by molar-refractivity contribution is -0.576. The lowest BCUT2D eigenvalue weighted by Gasteiger charge is -2.59. The van der Waals surface area contributed by atoms with Crippen molar-refractivity contribution in [2.45, 2.75) is 136 Å². The number of hydrogen-bond donors (Lipinski definition) is 3. The van der Waals surface area contributed by atoms with Gasteiger partial charge in [-0.05, 0) is 62.7 Å². The second-order valence-corrected chi connectivity index (χ2v) is 14.0. The van der Waals surface area contributed by atoms with Crippen molar-refractivity contribution in [3.05, 3.63) is 0 Å². The number of carboxylic acids is 1. The number of carboxylic acid groups (broad SMARTS) is 1. The Balaban J connectivity index is 1.34. The first-order chi connectivity index (χ1) is 20.1. The minimum absolute atomic E-state index is 0.00294. The summed E-state index contributed by atoms with van der Waals surface area (Å²) in [6.07, 6.45) is 2.01. The van der Waals surface area contributed by atoms with E-state index in [1.807, 2.05) is 41.5 Å². The zero-order valence-electron chi connectivity index (χ0n) is 26.6. The van der Waals surface area contributed by atoms with Crippen LogP contribution in [-0.4, -0.2) is 64.9 Å². The molecule has 5 fully saturated rings. The standard InChI is InChI=1S/C31H50N2O10/c1-16(2)14-22(26(36)33-23(27(37)38)15-17(3)4)32-24(34)10-11-25(35)39-28-19(6)21-9-8-18(5)20-12-13-30(7)41-29(40-28)31(20,21)43-42-30/h16-23,28-29H,8-15H2,1-7H3,(H,32,34)(H,33,36)(H,37,38)/t18-,19+,20+,21+,22+,23+,28-,29+,30-,31-/m1/s1. The molecule has 4 saturated heterocycles. The molecule has 12 nitrogen and oxygen atoms in total. The zero-order chi connectivity index (χ0) is 31.7. The largest absolute Gasteiger partial charge is 0.480 e. The Hall–Kier alpha value is -2.28. The van der Waals surface area contributed by atoms with Crippen LogP contribution < -0.4 is 10.6 Å². The van der Waals surface area contributed by atoms with Crippen LogP contribution in [0.5, 0.6) is 0 Å². The predicted octanol–water partition coefficient (Wildman–Crippen LogP) is 3.66. The summed E-state index contributed by atoms with van der Waals surface area (Å²) in [4.78, 5) is 62.3. The van der Waals surface area contributed by atoms with Gasteiger partial charge in [-0.3, -0.25) is 14.4 Å². The molecule has 12 heteroatoms. The summed E-state index contributed by atoms with van der Waals surface area (Å²) < 4.78 is 18.4. The number of hydrogen-bond acceptors (Lipinski definition) is 9. The molecule has 0 aromatic rings. The number of amides is 2. The lowest BCUT2D eigenvalue weighted by Crippen LogP contribution is -2.70. The summed E-state index contributed by atoms with van der Waals surface area (Å²) in [6.45, 7) is 13.6. The van der Waals surface area contributed by atoms with Crippen molar-refractivity contribution in [1.29, 1.82) is 0 Å². The van der Waals surface area contributed by atoms with Crippen LogP contribution >= 0.6 is 0 Å². The third kappa shape index (κ3) is 7.34. The van der Waals surface area contributed by atoms with Gasteiger partial charge in [-0.1, -0.05) is 41.5 Å². The molecule has 4 aliphatic heterocycles. The van der Waals surface area contributed by atoms with E-state index in [9.17, 15) is 24.3 Å². The summed E-state index contributed by atoms with van der Waals surface area (Å²) in [6, 6.07) is -1.98. The Morgan fingerprint density at radius 3 is 2.23 bits per heavy atom. The van der Waals surface area contributed by atoms with E-state index in [-0.39, 0.29) is 48.9 Å². The Morgan fingerprint density at radius 1 is 0.907 bits per heavy atom. The van der Waals surface area contributed by atoms with E-state index in [4.69, 9.17) is 24.0 Å². The molecular weight excluding hydrogens is 560 g/mol. The van der Waals surface area contributed by atoms with Crippen LogP contribution in [0.25, 0.3) is 0 Å². The molecule has 1 aliphatic carbocycles. The van der Waals surface area contributed by atoms with Crippen molar-refractivity contribution in [1.82, 2.24) is 10.6 Å². The highest BCUT2D eigenvalue weighted by Crippen LogP contribution is 2.60. The molecule has 4 heterocycles. The van der Waals surface area contributed by atoms with Crippen LogP contribution in [0.2, 0.25) is 0 Å². The van der Waals surface area contributed by atoms with Crippen molar-refractivity contribution in [2.24, 2.45) is 35.5 Å². The minimum Gasteiger partial charge on any atom is -0.480 e. The topological polar surface area (TPSA) is 159 Å². The molecule has 1 saturated carbocycles. The quantitative estimate of drug-likeness (QED) is 0.220. The van der Waals surface area contributed by atoms with Crippen LogP contribution in [0.3, 0.4) is 0 Å². The lowest BCUT2D eigenvalue weighted by atomic mass is 9.58. The van der Waals surface area contributed by atoms with Gasteiger partial charge in [0.1, 0.15) is 12.1 Å². The Labute approximate surface area is 254 Å². The van der Waals surface area contributed by atoms with E-state index >= 15 is 0 Å². The number of nitrogens with one attached hydrogen (secondary N) is 2. The first kappa shape index (κ1) is 33.6. The molecule has 1 spiro atoms. The molecule has 10 atom stereocenters. The maximum atomic E-state index is 12.9. The molecule has 244 valence electrons. The SMILES string of the molecule is CC(C)C[C@H](NC(=O)[C@H](CC(C)C)NC(=O)CCC(=O)O[C@@H]1O[C@H]2O[C@@]3(C)CC[C@H]4[C@H](C)CC[C@@H]([C@@H]1C)[C@@]24OO3)C(=O)O. The van der Waals surface area contributed by atoms with Gasteiger partial charge in [0.05, 0.1) is 6.42 Å². The number of carbonyl (C=O) groups excluding carboxylic acids is 3. The molecule has 0 radical (unpaired) electrons. The van der Waals surface area contributed by atoms with Gasteiger partial charge in [0.25, 0.3) is 0 Å². The fraction of sp³-hybridized carbons (Fsp3) is 0.871. The molecule has 2 amide bonds. The Morgan fingerprint density at radius 2 is 1.58 bits per heavy atom. The number of aliphatic carboxylic acids is 1. The molecule has 5 aliphatic rings. The van der Waals surface area contributed by atoms with Gasteiger partial charge >= 0.3 is 11.9 Å². The van der Waals surface area contributed by atoms with Gasteiger partial charge in [0.15, 0.2) is 11.9 Å². The molecule has 5 rings (SSSR count). The second kappa shape index (κ2) is 13.4. The van der Waals surface area contributed by atoms with E-state index in [1.54, 1.807) is 0 Å². The second-order valence-electron chi connectivity index (χ2n) is 14.0. The average molecular weight is 611 g/mol. The summed E-state index contributed by atoms with van der Waals surface area (Å²) >= 11 is 0. The van der Waals surface area contributed by atoms with E-state index in [1.165, 1.54) is 0 Å². The summed E-state index contributed by atoms with van der Waals surface area (Å²) in [5, 5.41) is 14.7. The molecule has 0 aromatic carbocycles. The van der Waals surface area contributed by atoms with Crippen LogP contribution in [0.4, 0.5) is 0 Å². The summed E-state index contributed by atoms with van der Waals surface area (Å²) in [7, 11) is 0. The van der Waals surface area contributed by atoms with E-state index in [0.29, 0.717) is 18.8 Å². The normalized spacial score (nSPS) is 36.3. The minimum atomic E-state index is -1.13. The third-order valence-corrected chi connectivity index (χ3v) is 9.58.